The first-order chi connectivity index (χ1) is 71.9. The number of hydrogen-bond donors (Lipinski definition) is 0. The summed E-state index contributed by atoms with van der Waals surface area (Å²) in [6.07, 6.45) is 18.0. The molecule has 6 nitrogen and oxygen atoms in total. The van der Waals surface area contributed by atoms with Crippen LogP contribution in [0.5, 0.6) is 0 Å². The fourth-order valence-corrected chi connectivity index (χ4v) is 23.0. The summed E-state index contributed by atoms with van der Waals surface area (Å²) in [5, 5.41) is 0. The molecule has 2 fully saturated rings. The number of hydrogen-bond acceptors (Lipinski definition) is 6. The van der Waals surface area contributed by atoms with E-state index in [-0.39, 0.29) is 97.4 Å². The molecule has 0 amide bonds. The summed E-state index contributed by atoms with van der Waals surface area (Å²) < 4.78 is 0. The van der Waals surface area contributed by atoms with Gasteiger partial charge in [0.05, 0.1) is 0 Å². The first-order valence-electron chi connectivity index (χ1n) is 52.5. The van der Waals surface area contributed by atoms with Gasteiger partial charge in [0.2, 0.25) is 0 Å². The summed E-state index contributed by atoms with van der Waals surface area (Å²) in [7, 11) is 0. The van der Waals surface area contributed by atoms with Crippen LogP contribution in [-0.4, -0.2) is 29.9 Å². The maximum Gasteiger partial charge on any atom is 3.00 e. The van der Waals surface area contributed by atoms with Crippen LogP contribution in [0.4, 0.5) is 0 Å². The molecule has 22 rings (SSSR count). The van der Waals surface area contributed by atoms with Crippen LogP contribution in [0.1, 0.15) is 213 Å². The summed E-state index contributed by atoms with van der Waals surface area (Å²) in [4.78, 5) is 32.3. The zero-order chi connectivity index (χ0) is 101. The Morgan fingerprint density at radius 2 is 0.480 bits per heavy atom. The average molecular weight is 2300 g/mol. The van der Waals surface area contributed by atoms with Gasteiger partial charge in [-0.3, -0.25) is 12.1 Å². The van der Waals surface area contributed by atoms with E-state index in [0.29, 0.717) is 11.4 Å². The molecule has 5 unspecified atom stereocenters. The number of aromatic nitrogens is 6. The molecule has 0 N–H and O–H groups in total. The van der Waals surface area contributed by atoms with Crippen molar-refractivity contribution in [1.29, 1.82) is 0 Å². The minimum absolute atomic E-state index is 0. The van der Waals surface area contributed by atoms with Crippen molar-refractivity contribution in [3.8, 4) is 168 Å². The SMILES string of the molecule is CC(C)(C)c1ccc(C2CC(c3ccccc3-c3cnc(-c4[c-]cc(-c5ccccc5C5CC(c6ccc(C(C)(C)C)cc6-c6cnc(-c7[c-]cccc7)cc6-c6ccccc6)CC(c6ccc(C(C)(C)C)cc6-c6cnc(-c7[c-]cccc7)cc6-c6ccccc6)C5)c[c-]4)nc3)CC(c3ccc(C(C)(C)C)cc3-c3cnc(-c4[c-]cccc4)cc3-c3ccccc3)C2)c(-c2cnc(-c3[c-]cccc3)c(-c3ccccc3)c2)c1.[Ir+3].[Ir+3]. The molecular formula is C142H122Ir2N6. The van der Waals surface area contributed by atoms with Crippen LogP contribution in [0.3, 0.4) is 0 Å². The fraction of sp³-hybridized carbons (Fsp3) is 0.197. The maximum atomic E-state index is 5.46. The molecule has 0 aliphatic heterocycles. The fourth-order valence-electron chi connectivity index (χ4n) is 23.0. The van der Waals surface area contributed by atoms with Gasteiger partial charge in [-0.05, 0) is 252 Å². The predicted molar refractivity (Wildman–Crippen MR) is 612 cm³/mol. The van der Waals surface area contributed by atoms with Gasteiger partial charge < -0.3 is 29.9 Å². The quantitative estimate of drug-likeness (QED) is 0.0667. The van der Waals surface area contributed by atoms with E-state index in [2.05, 4.69) is 472 Å². The van der Waals surface area contributed by atoms with Crippen molar-refractivity contribution in [3.63, 3.8) is 0 Å². The monoisotopic (exact) mass is 2300 g/mol. The minimum Gasteiger partial charge on any atom is -0.332 e. The Hall–Kier alpha value is -14.7. The van der Waals surface area contributed by atoms with E-state index in [9.17, 15) is 0 Å². The Morgan fingerprint density at radius 1 is 0.200 bits per heavy atom. The Labute approximate surface area is 914 Å². The van der Waals surface area contributed by atoms with Crippen LogP contribution in [0.25, 0.3) is 168 Å². The topological polar surface area (TPSA) is 77.3 Å². The second kappa shape index (κ2) is 43.8. The second-order valence-electron chi connectivity index (χ2n) is 44.7. The molecule has 5 heterocycles. The Morgan fingerprint density at radius 3 is 0.807 bits per heavy atom. The van der Waals surface area contributed by atoms with Gasteiger partial charge in [0.15, 0.2) is 0 Å². The molecule has 0 saturated heterocycles. The molecule has 0 spiro atoms. The van der Waals surface area contributed by atoms with Gasteiger partial charge in [0.1, 0.15) is 0 Å². The van der Waals surface area contributed by atoms with E-state index >= 15 is 0 Å². The van der Waals surface area contributed by atoms with Crippen LogP contribution in [0.15, 0.2) is 413 Å². The van der Waals surface area contributed by atoms with Crippen LogP contribution in [0.2, 0.25) is 0 Å². The van der Waals surface area contributed by atoms with E-state index < -0.39 is 0 Å². The number of benzene rings is 15. The van der Waals surface area contributed by atoms with Gasteiger partial charge in [-0.15, -0.1) is 144 Å². The van der Waals surface area contributed by atoms with Gasteiger partial charge in [-0.1, -0.05) is 361 Å². The summed E-state index contributed by atoms with van der Waals surface area (Å²) >= 11 is 0. The molecular weight excluding hydrogens is 2170 g/mol. The maximum absolute atomic E-state index is 5.46. The summed E-state index contributed by atoms with van der Waals surface area (Å²) in [5.74, 6) is 1.10. The van der Waals surface area contributed by atoms with E-state index in [4.69, 9.17) is 29.9 Å². The molecule has 2 saturated carbocycles. The van der Waals surface area contributed by atoms with Crippen LogP contribution in [0, 0.1) is 36.4 Å². The summed E-state index contributed by atoms with van der Waals surface area (Å²) in [5.41, 5.74) is 43.0. The van der Waals surface area contributed by atoms with Crippen molar-refractivity contribution in [3.05, 3.63) is 505 Å². The standard InChI is InChI=1S/C142H122N6.2Ir/c1-139(2,3)111-65-69-119(123(80-111)109-79-127(96-47-27-16-28-48-96)137(146-87-109)101-55-35-20-36-56-101)105-73-104(76-106(77-105)120-70-66-112(140(4,5)6)81-128(120)131-90-143-134(98-49-29-17-30-50-98)84-124(131)93-41-21-13-22-42-93)117-59-39-40-60-118(117)110-88-147-138(148-89-110)102-63-61-97(62-64-102)115-57-37-38-58-116(115)103-74-107(121-71-67-113(141(7,8)9)82-129(121)132-91-144-135(99-51-31-18-32-52-99)85-125(132)94-43-23-14-24-44-94)78-108(75-103)122-72-68-114(142(10,11)12)83-130(122)133-92-145-136(100-53-33-19-34-54-100)86-126(133)95-45-25-15-26-46-95;;/h13-49,51,53,55,57-62,65-72,79-92,103-108H,73-78H2,1-12H3;;/q-6;2*+3. The third-order valence-corrected chi connectivity index (χ3v) is 30.9. The first kappa shape index (κ1) is 102. The molecule has 15 aromatic carbocycles. The molecule has 150 heavy (non-hydrogen) atoms. The smallest absolute Gasteiger partial charge is 0.332 e. The molecule has 738 valence electrons. The Kier molecular flexibility index (Phi) is 29.9. The van der Waals surface area contributed by atoms with Crippen LogP contribution >= 0.6 is 0 Å². The van der Waals surface area contributed by atoms with Crippen LogP contribution in [-0.2, 0) is 61.9 Å². The predicted octanol–water partition coefficient (Wildman–Crippen LogP) is 36.7. The van der Waals surface area contributed by atoms with Crippen molar-refractivity contribution in [2.24, 2.45) is 0 Å². The Bertz CT molecular complexity index is 7960. The molecule has 0 bridgehead atoms. The molecule has 5 atom stereocenters. The second-order valence-corrected chi connectivity index (χ2v) is 44.7. The van der Waals surface area contributed by atoms with Crippen molar-refractivity contribution in [2.75, 3.05) is 0 Å². The van der Waals surface area contributed by atoms with Crippen molar-refractivity contribution >= 4 is 0 Å². The van der Waals surface area contributed by atoms with Gasteiger partial charge in [0.25, 0.3) is 0 Å². The van der Waals surface area contributed by atoms with Gasteiger partial charge in [-0.2, -0.15) is 5.56 Å². The van der Waals surface area contributed by atoms with Crippen LogP contribution < -0.4 is 0 Å². The molecule has 20 aromatic rings. The Balaban J connectivity index is 0.00000680. The number of rotatable bonds is 21. The van der Waals surface area contributed by atoms with Crippen molar-refractivity contribution < 1.29 is 40.2 Å². The minimum atomic E-state index is -0.152. The van der Waals surface area contributed by atoms with E-state index in [0.717, 1.165) is 173 Å². The largest absolute Gasteiger partial charge is 3.00 e. The molecule has 5 aromatic heterocycles. The zero-order valence-electron chi connectivity index (χ0n) is 87.3. The first-order valence-corrected chi connectivity index (χ1v) is 52.5. The molecule has 2 aliphatic carbocycles. The molecule has 8 heteroatoms. The third-order valence-electron chi connectivity index (χ3n) is 30.9. The van der Waals surface area contributed by atoms with Crippen molar-refractivity contribution in [2.45, 2.75) is 179 Å². The molecule has 0 radical (unpaired) electrons. The van der Waals surface area contributed by atoms with E-state index in [1.54, 1.807) is 0 Å². The van der Waals surface area contributed by atoms with E-state index in [1.807, 2.05) is 60.9 Å². The molecule has 2 aliphatic rings. The zero-order valence-corrected chi connectivity index (χ0v) is 92.1. The average Bonchev–Trinajstić information content (AvgIpc) is 0.736. The van der Waals surface area contributed by atoms with Gasteiger partial charge in [0, 0.05) is 59.4 Å². The number of nitrogens with zero attached hydrogens (tertiary/aromatic N) is 6. The van der Waals surface area contributed by atoms with E-state index in [1.165, 1.54) is 77.9 Å². The summed E-state index contributed by atoms with van der Waals surface area (Å²) in [6.45, 7) is 28.0. The normalized spacial score (nSPS) is 15.9. The van der Waals surface area contributed by atoms with Gasteiger partial charge in [-0.25, -0.2) is 17.7 Å². The number of pyridine rings is 4. The third kappa shape index (κ3) is 21.8. The van der Waals surface area contributed by atoms with Crippen molar-refractivity contribution in [1.82, 2.24) is 29.9 Å². The summed E-state index contributed by atoms with van der Waals surface area (Å²) in [6, 6.07) is 159. The van der Waals surface area contributed by atoms with Gasteiger partial charge >= 0.3 is 40.2 Å².